The molecule has 0 amide bonds. The number of aliphatic hydroxyl groups is 1. The summed E-state index contributed by atoms with van der Waals surface area (Å²) in [6.07, 6.45) is 3.96. The minimum Gasteiger partial charge on any atom is -0.463 e. The van der Waals surface area contributed by atoms with E-state index >= 15 is 0 Å². The van der Waals surface area contributed by atoms with Crippen molar-refractivity contribution in [2.24, 2.45) is 5.92 Å². The number of hydrogen-bond acceptors (Lipinski definition) is 4. The monoisotopic (exact) mass is 198 g/mol. The maximum Gasteiger partial charge on any atom is 0.312 e. The molecular formula is C10H14O4. The van der Waals surface area contributed by atoms with Gasteiger partial charge in [-0.3, -0.25) is 4.79 Å². The number of ether oxygens (including phenoxy) is 2. The molecule has 4 nitrogen and oxygen atoms in total. The van der Waals surface area contributed by atoms with E-state index in [1.54, 1.807) is 6.92 Å². The molecule has 2 aliphatic heterocycles. The highest BCUT2D eigenvalue weighted by molar-refractivity contribution is 5.74. The molecule has 78 valence electrons. The molecule has 0 radical (unpaired) electrons. The molecular weight excluding hydrogens is 184 g/mol. The minimum absolute atomic E-state index is 0.0659. The molecule has 4 heteroatoms. The summed E-state index contributed by atoms with van der Waals surface area (Å²) < 4.78 is 10.4. The van der Waals surface area contributed by atoms with Crippen LogP contribution < -0.4 is 0 Å². The fourth-order valence-corrected chi connectivity index (χ4v) is 1.81. The summed E-state index contributed by atoms with van der Waals surface area (Å²) in [7, 11) is 0. The lowest BCUT2D eigenvalue weighted by Gasteiger charge is -2.14. The summed E-state index contributed by atoms with van der Waals surface area (Å²) in [5.41, 5.74) is 0. The highest BCUT2D eigenvalue weighted by atomic mass is 16.6. The molecule has 2 heterocycles. The van der Waals surface area contributed by atoms with Crippen LogP contribution in [0, 0.1) is 5.92 Å². The Morgan fingerprint density at radius 2 is 2.50 bits per heavy atom. The molecule has 4 atom stereocenters. The first-order valence-electron chi connectivity index (χ1n) is 4.85. The van der Waals surface area contributed by atoms with Gasteiger partial charge in [0.25, 0.3) is 0 Å². The van der Waals surface area contributed by atoms with Crippen LogP contribution in [0.3, 0.4) is 0 Å². The van der Waals surface area contributed by atoms with Gasteiger partial charge in [0.05, 0.1) is 24.2 Å². The summed E-state index contributed by atoms with van der Waals surface area (Å²) in [5.74, 6) is -0.438. The van der Waals surface area contributed by atoms with Crippen LogP contribution in [0.1, 0.15) is 13.3 Å². The second-order valence-electron chi connectivity index (χ2n) is 3.85. The van der Waals surface area contributed by atoms with Gasteiger partial charge in [-0.1, -0.05) is 12.2 Å². The molecule has 0 aromatic rings. The topological polar surface area (TPSA) is 55.8 Å². The molecule has 0 aromatic carbocycles. The highest BCUT2D eigenvalue weighted by Gasteiger charge is 2.41. The van der Waals surface area contributed by atoms with Crippen LogP contribution in [0.5, 0.6) is 0 Å². The number of fused-ring (bicyclic) bond motifs is 2. The van der Waals surface area contributed by atoms with Gasteiger partial charge < -0.3 is 14.6 Å². The first-order valence-corrected chi connectivity index (χ1v) is 4.85. The molecule has 14 heavy (non-hydrogen) atoms. The lowest BCUT2D eigenvalue weighted by atomic mass is 9.95. The van der Waals surface area contributed by atoms with Crippen LogP contribution in [0.4, 0.5) is 0 Å². The van der Waals surface area contributed by atoms with E-state index in [-0.39, 0.29) is 30.7 Å². The molecule has 0 saturated carbocycles. The van der Waals surface area contributed by atoms with Gasteiger partial charge >= 0.3 is 5.97 Å². The Bertz CT molecular complexity index is 259. The zero-order chi connectivity index (χ0) is 10.1. The normalized spacial score (nSPS) is 36.0. The number of carbonyl (C=O) groups excluding carboxylic acids is 1. The van der Waals surface area contributed by atoms with E-state index in [4.69, 9.17) is 14.6 Å². The lowest BCUT2D eigenvalue weighted by molar-refractivity contribution is -0.152. The molecule has 1 N–H and O–H groups in total. The van der Waals surface area contributed by atoms with Gasteiger partial charge in [-0.05, 0) is 13.3 Å². The number of carbonyl (C=O) groups is 1. The molecule has 2 rings (SSSR count). The predicted octanol–water partition coefficient (Wildman–Crippen LogP) is 0.254. The maximum absolute atomic E-state index is 11.5. The zero-order valence-corrected chi connectivity index (χ0v) is 8.05. The summed E-state index contributed by atoms with van der Waals surface area (Å²) >= 11 is 0. The van der Waals surface area contributed by atoms with Gasteiger partial charge in [0.2, 0.25) is 0 Å². The number of esters is 1. The first-order chi connectivity index (χ1) is 6.66. The quantitative estimate of drug-likeness (QED) is 0.522. The Morgan fingerprint density at radius 1 is 1.71 bits per heavy atom. The summed E-state index contributed by atoms with van der Waals surface area (Å²) in [5, 5.41) is 8.95. The molecule has 0 spiro atoms. The average molecular weight is 198 g/mol. The first kappa shape index (κ1) is 9.68. The number of hydrogen-bond donors (Lipinski definition) is 1. The Hall–Kier alpha value is -0.870. The van der Waals surface area contributed by atoms with E-state index in [2.05, 4.69) is 0 Å². The number of rotatable bonds is 3. The Morgan fingerprint density at radius 3 is 3.00 bits per heavy atom. The van der Waals surface area contributed by atoms with Crippen molar-refractivity contribution in [3.05, 3.63) is 12.2 Å². The van der Waals surface area contributed by atoms with Crippen molar-refractivity contribution in [3.8, 4) is 0 Å². The summed E-state index contributed by atoms with van der Waals surface area (Å²) in [4.78, 5) is 11.5. The summed E-state index contributed by atoms with van der Waals surface area (Å²) in [6.45, 7) is 1.65. The fraction of sp³-hybridized carbons (Fsp3) is 0.700. The number of aliphatic hydroxyl groups excluding tert-OH is 1. The van der Waals surface area contributed by atoms with Gasteiger partial charge in [-0.2, -0.15) is 0 Å². The van der Waals surface area contributed by atoms with Gasteiger partial charge in [0.15, 0.2) is 0 Å². The van der Waals surface area contributed by atoms with Crippen molar-refractivity contribution in [2.75, 3.05) is 6.61 Å². The Kier molecular flexibility index (Phi) is 2.56. The third kappa shape index (κ3) is 1.81. The van der Waals surface area contributed by atoms with E-state index in [1.807, 2.05) is 12.2 Å². The lowest BCUT2D eigenvalue weighted by Crippen LogP contribution is -2.27. The van der Waals surface area contributed by atoms with Crippen LogP contribution in [0.2, 0.25) is 0 Å². The predicted molar refractivity (Wildman–Crippen MR) is 48.5 cm³/mol. The second-order valence-corrected chi connectivity index (χ2v) is 3.85. The van der Waals surface area contributed by atoms with Crippen LogP contribution >= 0.6 is 0 Å². The van der Waals surface area contributed by atoms with E-state index in [0.717, 1.165) is 0 Å². The largest absolute Gasteiger partial charge is 0.463 e. The maximum atomic E-state index is 11.5. The van der Waals surface area contributed by atoms with E-state index in [1.165, 1.54) is 0 Å². The van der Waals surface area contributed by atoms with Crippen LogP contribution in [0.15, 0.2) is 12.2 Å². The molecule has 2 bridgehead atoms. The second kappa shape index (κ2) is 3.71. The smallest absolute Gasteiger partial charge is 0.312 e. The average Bonchev–Trinajstić information content (AvgIpc) is 2.74. The Labute approximate surface area is 82.5 Å². The molecule has 0 aromatic heterocycles. The molecule has 1 saturated heterocycles. The van der Waals surface area contributed by atoms with Crippen molar-refractivity contribution >= 4 is 5.97 Å². The van der Waals surface area contributed by atoms with Crippen molar-refractivity contribution in [3.63, 3.8) is 0 Å². The third-order valence-electron chi connectivity index (χ3n) is 2.50. The zero-order valence-electron chi connectivity index (χ0n) is 8.05. The van der Waals surface area contributed by atoms with Crippen LogP contribution in [-0.4, -0.2) is 36.0 Å². The van der Waals surface area contributed by atoms with Crippen LogP contribution in [0.25, 0.3) is 0 Å². The summed E-state index contributed by atoms with van der Waals surface area (Å²) in [6, 6.07) is 0. The van der Waals surface area contributed by atoms with Crippen LogP contribution in [-0.2, 0) is 14.3 Å². The van der Waals surface area contributed by atoms with E-state index in [0.29, 0.717) is 6.42 Å². The molecule has 0 aliphatic carbocycles. The van der Waals surface area contributed by atoms with Crippen molar-refractivity contribution < 1.29 is 19.4 Å². The van der Waals surface area contributed by atoms with E-state index < -0.39 is 6.10 Å². The molecule has 2 aliphatic rings. The fourth-order valence-electron chi connectivity index (χ4n) is 1.81. The van der Waals surface area contributed by atoms with E-state index in [9.17, 15) is 4.79 Å². The van der Waals surface area contributed by atoms with Crippen molar-refractivity contribution in [2.45, 2.75) is 31.7 Å². The molecule has 1 fully saturated rings. The van der Waals surface area contributed by atoms with Crippen molar-refractivity contribution in [1.82, 2.24) is 0 Å². The van der Waals surface area contributed by atoms with Gasteiger partial charge in [-0.15, -0.1) is 0 Å². The van der Waals surface area contributed by atoms with Crippen molar-refractivity contribution in [1.29, 1.82) is 0 Å². The Balaban J connectivity index is 1.84. The SMILES string of the molecule is CC(O)COC(=O)C1CC2C=CC1O2. The standard InChI is InChI=1S/C10H14O4/c1-6(11)5-13-10(12)8-4-7-2-3-9(8)14-7/h2-3,6-9,11H,4-5H2,1H3. The third-order valence-corrected chi connectivity index (χ3v) is 2.50. The van der Waals surface area contributed by atoms with Gasteiger partial charge in [0, 0.05) is 0 Å². The molecule has 4 unspecified atom stereocenters. The highest BCUT2D eigenvalue weighted by Crippen LogP contribution is 2.34. The van der Waals surface area contributed by atoms with Gasteiger partial charge in [0.1, 0.15) is 6.61 Å². The van der Waals surface area contributed by atoms with Gasteiger partial charge in [-0.25, -0.2) is 0 Å². The minimum atomic E-state index is -0.603.